The van der Waals surface area contributed by atoms with Crippen LogP contribution in [0.25, 0.3) is 0 Å². The molecule has 1 saturated carbocycles. The fourth-order valence-electron chi connectivity index (χ4n) is 3.06. The maximum absolute atomic E-state index is 5.89. The summed E-state index contributed by atoms with van der Waals surface area (Å²) in [4.78, 5) is 2.56. The zero-order valence-corrected chi connectivity index (χ0v) is 11.0. The number of hydrogen-bond acceptors (Lipinski definition) is 4. The molecule has 0 radical (unpaired) electrons. The Hall–Kier alpha value is -0.420. The molecule has 1 aromatic heterocycles. The lowest BCUT2D eigenvalue weighted by Crippen LogP contribution is -2.51. The van der Waals surface area contributed by atoms with E-state index in [0.717, 1.165) is 26.1 Å². The maximum Gasteiger partial charge on any atom is 0.0991 e. The Morgan fingerprint density at radius 3 is 3.24 bits per heavy atom. The van der Waals surface area contributed by atoms with Crippen molar-refractivity contribution in [2.24, 2.45) is 0 Å². The van der Waals surface area contributed by atoms with Gasteiger partial charge in [0.15, 0.2) is 0 Å². The highest BCUT2D eigenvalue weighted by Gasteiger charge is 2.42. The van der Waals surface area contributed by atoms with Crippen molar-refractivity contribution in [3.05, 3.63) is 22.4 Å². The highest BCUT2D eigenvalue weighted by atomic mass is 32.1. The number of rotatable bonds is 3. The summed E-state index contributed by atoms with van der Waals surface area (Å²) in [5.74, 6) is 0. The molecule has 94 valence electrons. The maximum atomic E-state index is 5.89. The first-order valence-electron chi connectivity index (χ1n) is 6.28. The first-order chi connectivity index (χ1) is 8.38. The van der Waals surface area contributed by atoms with E-state index in [1.165, 1.54) is 12.0 Å². The molecule has 3 nitrogen and oxygen atoms in total. The SMILES string of the molecule is CO[C@H]1CC[C@H]2[C@H]1OCCN2Cc1ccsc1. The second-order valence-electron chi connectivity index (χ2n) is 4.86. The van der Waals surface area contributed by atoms with E-state index in [-0.39, 0.29) is 6.10 Å². The number of methoxy groups -OCH3 is 1. The Morgan fingerprint density at radius 1 is 1.53 bits per heavy atom. The summed E-state index contributed by atoms with van der Waals surface area (Å²) >= 11 is 1.78. The summed E-state index contributed by atoms with van der Waals surface area (Å²) in [6, 6.07) is 2.77. The quantitative estimate of drug-likeness (QED) is 0.823. The van der Waals surface area contributed by atoms with Gasteiger partial charge in [-0.3, -0.25) is 4.90 Å². The van der Waals surface area contributed by atoms with E-state index in [4.69, 9.17) is 9.47 Å². The Bertz CT molecular complexity index is 354. The number of thiophene rings is 1. The van der Waals surface area contributed by atoms with E-state index in [1.54, 1.807) is 18.4 Å². The smallest absolute Gasteiger partial charge is 0.0991 e. The summed E-state index contributed by atoms with van der Waals surface area (Å²) < 4.78 is 11.4. The van der Waals surface area contributed by atoms with Crippen LogP contribution in [0.5, 0.6) is 0 Å². The molecule has 1 aromatic rings. The lowest BCUT2D eigenvalue weighted by Gasteiger charge is -2.38. The van der Waals surface area contributed by atoms with Crippen LogP contribution >= 0.6 is 11.3 Å². The number of fused-ring (bicyclic) bond motifs is 1. The van der Waals surface area contributed by atoms with Crippen LogP contribution in [0.1, 0.15) is 18.4 Å². The van der Waals surface area contributed by atoms with Crippen LogP contribution in [0.15, 0.2) is 16.8 Å². The van der Waals surface area contributed by atoms with E-state index in [2.05, 4.69) is 21.7 Å². The van der Waals surface area contributed by atoms with E-state index >= 15 is 0 Å². The summed E-state index contributed by atoms with van der Waals surface area (Å²) in [5, 5.41) is 4.40. The van der Waals surface area contributed by atoms with Gasteiger partial charge in [-0.15, -0.1) is 0 Å². The van der Waals surface area contributed by atoms with Gasteiger partial charge in [0, 0.05) is 26.2 Å². The van der Waals surface area contributed by atoms with Gasteiger partial charge in [-0.2, -0.15) is 11.3 Å². The zero-order chi connectivity index (χ0) is 11.7. The minimum atomic E-state index is 0.285. The van der Waals surface area contributed by atoms with Crippen molar-refractivity contribution in [3.8, 4) is 0 Å². The third kappa shape index (κ3) is 2.27. The Labute approximate surface area is 106 Å². The van der Waals surface area contributed by atoms with Gasteiger partial charge in [-0.1, -0.05) is 0 Å². The van der Waals surface area contributed by atoms with Crippen molar-refractivity contribution in [1.82, 2.24) is 4.90 Å². The molecule has 3 rings (SSSR count). The lowest BCUT2D eigenvalue weighted by molar-refractivity contribution is -0.106. The third-order valence-corrected chi connectivity index (χ3v) is 4.65. The van der Waals surface area contributed by atoms with Crippen LogP contribution in [0.2, 0.25) is 0 Å². The van der Waals surface area contributed by atoms with Crippen molar-refractivity contribution in [1.29, 1.82) is 0 Å². The Morgan fingerprint density at radius 2 is 2.47 bits per heavy atom. The first-order valence-corrected chi connectivity index (χ1v) is 7.22. The molecular weight excluding hydrogens is 234 g/mol. The van der Waals surface area contributed by atoms with Crippen molar-refractivity contribution in [2.75, 3.05) is 20.3 Å². The average molecular weight is 253 g/mol. The fraction of sp³-hybridized carbons (Fsp3) is 0.692. The molecule has 17 heavy (non-hydrogen) atoms. The van der Waals surface area contributed by atoms with E-state index < -0.39 is 0 Å². The molecule has 3 atom stereocenters. The van der Waals surface area contributed by atoms with Crippen molar-refractivity contribution >= 4 is 11.3 Å². The second-order valence-corrected chi connectivity index (χ2v) is 5.64. The van der Waals surface area contributed by atoms with Crippen LogP contribution < -0.4 is 0 Å². The molecular formula is C13H19NO2S. The van der Waals surface area contributed by atoms with Crippen LogP contribution in [0, 0.1) is 0 Å². The molecule has 0 amide bonds. The van der Waals surface area contributed by atoms with Gasteiger partial charge in [-0.25, -0.2) is 0 Å². The van der Waals surface area contributed by atoms with E-state index in [1.807, 2.05) is 0 Å². The molecule has 2 aliphatic rings. The van der Waals surface area contributed by atoms with Gasteiger partial charge in [0.25, 0.3) is 0 Å². The van der Waals surface area contributed by atoms with Gasteiger partial charge in [0.05, 0.1) is 18.8 Å². The standard InChI is InChI=1S/C13H19NO2S/c1-15-12-3-2-11-13(12)16-6-5-14(11)8-10-4-7-17-9-10/h4,7,9,11-13H,2-3,5-6,8H2,1H3/t11-,12-,13+/m0/s1. The van der Waals surface area contributed by atoms with Crippen molar-refractivity contribution in [3.63, 3.8) is 0 Å². The van der Waals surface area contributed by atoms with Crippen LogP contribution in [0.3, 0.4) is 0 Å². The van der Waals surface area contributed by atoms with E-state index in [9.17, 15) is 0 Å². The molecule has 0 N–H and O–H groups in total. The molecule has 2 fully saturated rings. The second kappa shape index (κ2) is 5.06. The predicted octanol–water partition coefficient (Wildman–Crippen LogP) is 2.13. The minimum Gasteiger partial charge on any atom is -0.379 e. The highest BCUT2D eigenvalue weighted by molar-refractivity contribution is 7.07. The summed E-state index contributed by atoms with van der Waals surface area (Å²) in [6.07, 6.45) is 2.91. The number of nitrogens with zero attached hydrogens (tertiary/aromatic N) is 1. The Kier molecular flexibility index (Phi) is 3.47. The summed E-state index contributed by atoms with van der Waals surface area (Å²) in [7, 11) is 1.80. The first kappa shape index (κ1) is 11.7. The lowest BCUT2D eigenvalue weighted by atomic mass is 10.1. The molecule has 1 aliphatic carbocycles. The van der Waals surface area contributed by atoms with Crippen molar-refractivity contribution < 1.29 is 9.47 Å². The van der Waals surface area contributed by atoms with Gasteiger partial charge in [0.1, 0.15) is 0 Å². The average Bonchev–Trinajstić information content (AvgIpc) is 2.97. The molecule has 0 aromatic carbocycles. The fourth-order valence-corrected chi connectivity index (χ4v) is 3.72. The summed E-state index contributed by atoms with van der Waals surface area (Å²) in [5.41, 5.74) is 1.43. The Balaban J connectivity index is 1.69. The summed E-state index contributed by atoms with van der Waals surface area (Å²) in [6.45, 7) is 2.95. The monoisotopic (exact) mass is 253 g/mol. The molecule has 4 heteroatoms. The molecule has 0 bridgehead atoms. The predicted molar refractivity (Wildman–Crippen MR) is 68.3 cm³/mol. The molecule has 0 unspecified atom stereocenters. The molecule has 1 saturated heterocycles. The van der Waals surface area contributed by atoms with Crippen molar-refractivity contribution in [2.45, 2.75) is 37.6 Å². The van der Waals surface area contributed by atoms with Gasteiger partial charge in [-0.05, 0) is 35.2 Å². The molecule has 0 spiro atoms. The van der Waals surface area contributed by atoms with Gasteiger partial charge < -0.3 is 9.47 Å². The molecule has 2 heterocycles. The van der Waals surface area contributed by atoms with Gasteiger partial charge in [0.2, 0.25) is 0 Å². The normalized spacial score (nSPS) is 33.8. The van der Waals surface area contributed by atoms with E-state index in [0.29, 0.717) is 12.1 Å². The number of ether oxygens (including phenoxy) is 2. The van der Waals surface area contributed by atoms with Gasteiger partial charge >= 0.3 is 0 Å². The van der Waals surface area contributed by atoms with Crippen LogP contribution in [0.4, 0.5) is 0 Å². The third-order valence-electron chi connectivity index (χ3n) is 3.92. The number of hydrogen-bond donors (Lipinski definition) is 0. The molecule has 1 aliphatic heterocycles. The largest absolute Gasteiger partial charge is 0.379 e. The topological polar surface area (TPSA) is 21.7 Å². The minimum absolute atomic E-state index is 0.285. The number of morpholine rings is 1. The van der Waals surface area contributed by atoms with Crippen LogP contribution in [-0.4, -0.2) is 43.4 Å². The zero-order valence-electron chi connectivity index (χ0n) is 10.2. The highest BCUT2D eigenvalue weighted by Crippen LogP contribution is 2.32. The van der Waals surface area contributed by atoms with Crippen LogP contribution in [-0.2, 0) is 16.0 Å².